The first-order valence-electron chi connectivity index (χ1n) is 9.60. The summed E-state index contributed by atoms with van der Waals surface area (Å²) in [6.07, 6.45) is 2.56. The van der Waals surface area contributed by atoms with Crippen molar-refractivity contribution in [2.75, 3.05) is 44.2 Å². The molecule has 1 aromatic carbocycles. The summed E-state index contributed by atoms with van der Waals surface area (Å²) >= 11 is 0. The van der Waals surface area contributed by atoms with Gasteiger partial charge in [0, 0.05) is 43.6 Å². The number of rotatable bonds is 4. The smallest absolute Gasteiger partial charge is 0.0573 e. The largest absolute Gasteiger partial charge is 0.369 e. The van der Waals surface area contributed by atoms with Gasteiger partial charge in [-0.25, -0.2) is 0 Å². The number of hydrogen-bond acceptors (Lipinski definition) is 3. The number of piperidine rings is 1. The van der Waals surface area contributed by atoms with Crippen molar-refractivity contribution in [3.8, 4) is 0 Å². The zero-order chi connectivity index (χ0) is 17.1. The highest BCUT2D eigenvalue weighted by atomic mass is 15.3. The predicted molar refractivity (Wildman–Crippen MR) is 104 cm³/mol. The van der Waals surface area contributed by atoms with Gasteiger partial charge in [0.1, 0.15) is 0 Å². The standard InChI is InChI=1S/C21H33N3/c1-5-19-16-22(6-2)12-11-21(19)24-14-13-23(15-18(24)4)20-9-7-17(3)8-10-20/h7-10,19,21H,4-6,11-16H2,1-3H3. The summed E-state index contributed by atoms with van der Waals surface area (Å²) in [5.41, 5.74) is 3.95. The van der Waals surface area contributed by atoms with E-state index in [0.29, 0.717) is 6.04 Å². The van der Waals surface area contributed by atoms with Crippen LogP contribution in [0.4, 0.5) is 5.69 Å². The molecule has 24 heavy (non-hydrogen) atoms. The summed E-state index contributed by atoms with van der Waals surface area (Å²) in [5.74, 6) is 0.779. The van der Waals surface area contributed by atoms with E-state index in [1.807, 2.05) is 0 Å². The Morgan fingerprint density at radius 1 is 1.08 bits per heavy atom. The molecular formula is C21H33N3. The molecule has 3 nitrogen and oxygen atoms in total. The summed E-state index contributed by atoms with van der Waals surface area (Å²) in [5, 5.41) is 0. The van der Waals surface area contributed by atoms with E-state index in [2.05, 4.69) is 66.3 Å². The molecule has 132 valence electrons. The molecule has 2 atom stereocenters. The van der Waals surface area contributed by atoms with E-state index in [-0.39, 0.29) is 0 Å². The molecule has 1 aromatic rings. The zero-order valence-electron chi connectivity index (χ0n) is 15.7. The third kappa shape index (κ3) is 3.61. The van der Waals surface area contributed by atoms with Crippen LogP contribution in [-0.4, -0.2) is 55.1 Å². The molecule has 2 fully saturated rings. The summed E-state index contributed by atoms with van der Waals surface area (Å²) in [6, 6.07) is 9.58. The molecule has 0 spiro atoms. The maximum absolute atomic E-state index is 4.44. The number of piperazine rings is 1. The fourth-order valence-electron chi connectivity index (χ4n) is 4.35. The van der Waals surface area contributed by atoms with E-state index in [9.17, 15) is 0 Å². The fraction of sp³-hybridized carbons (Fsp3) is 0.619. The molecule has 0 amide bonds. The molecule has 2 heterocycles. The SMILES string of the molecule is C=C1CN(c2ccc(C)cc2)CCN1C1CCN(CC)CC1CC. The van der Waals surface area contributed by atoms with Crippen molar-refractivity contribution in [3.63, 3.8) is 0 Å². The number of nitrogens with zero attached hydrogens (tertiary/aromatic N) is 3. The summed E-state index contributed by atoms with van der Waals surface area (Å²) < 4.78 is 0. The second-order valence-electron chi connectivity index (χ2n) is 7.43. The van der Waals surface area contributed by atoms with Crippen molar-refractivity contribution in [3.05, 3.63) is 42.1 Å². The van der Waals surface area contributed by atoms with Gasteiger partial charge < -0.3 is 14.7 Å². The van der Waals surface area contributed by atoms with Crippen LogP contribution in [0.1, 0.15) is 32.3 Å². The van der Waals surface area contributed by atoms with Crippen molar-refractivity contribution in [2.45, 2.75) is 39.7 Å². The van der Waals surface area contributed by atoms with Crippen molar-refractivity contribution in [1.29, 1.82) is 0 Å². The second-order valence-corrected chi connectivity index (χ2v) is 7.43. The number of benzene rings is 1. The van der Waals surface area contributed by atoms with Crippen LogP contribution in [0.5, 0.6) is 0 Å². The Morgan fingerprint density at radius 3 is 2.46 bits per heavy atom. The molecule has 0 N–H and O–H groups in total. The fourth-order valence-corrected chi connectivity index (χ4v) is 4.35. The van der Waals surface area contributed by atoms with E-state index < -0.39 is 0 Å². The molecule has 0 radical (unpaired) electrons. The number of anilines is 1. The lowest BCUT2D eigenvalue weighted by atomic mass is 9.88. The maximum atomic E-state index is 4.44. The predicted octanol–water partition coefficient (Wildman–Crippen LogP) is 3.75. The lowest BCUT2D eigenvalue weighted by molar-refractivity contribution is 0.0727. The quantitative estimate of drug-likeness (QED) is 0.834. The van der Waals surface area contributed by atoms with Crippen molar-refractivity contribution < 1.29 is 0 Å². The Balaban J connectivity index is 1.65. The summed E-state index contributed by atoms with van der Waals surface area (Å²) in [7, 11) is 0. The van der Waals surface area contributed by atoms with Crippen molar-refractivity contribution in [1.82, 2.24) is 9.80 Å². The second kappa shape index (κ2) is 7.60. The monoisotopic (exact) mass is 327 g/mol. The summed E-state index contributed by atoms with van der Waals surface area (Å²) in [6.45, 7) is 18.1. The molecule has 3 heteroatoms. The first kappa shape index (κ1) is 17.3. The normalized spacial score (nSPS) is 26.0. The number of aryl methyl sites for hydroxylation is 1. The van der Waals surface area contributed by atoms with Gasteiger partial charge in [-0.05, 0) is 37.9 Å². The lowest BCUT2D eigenvalue weighted by Gasteiger charge is -2.49. The van der Waals surface area contributed by atoms with E-state index in [1.165, 1.54) is 49.4 Å². The molecular weight excluding hydrogens is 294 g/mol. The van der Waals surface area contributed by atoms with Gasteiger partial charge in [0.25, 0.3) is 0 Å². The molecule has 2 saturated heterocycles. The van der Waals surface area contributed by atoms with Crippen molar-refractivity contribution in [2.24, 2.45) is 5.92 Å². The highest BCUT2D eigenvalue weighted by Crippen LogP contribution is 2.30. The van der Waals surface area contributed by atoms with Crippen LogP contribution in [0.25, 0.3) is 0 Å². The van der Waals surface area contributed by atoms with Crippen LogP contribution < -0.4 is 4.90 Å². The molecule has 3 rings (SSSR count). The summed E-state index contributed by atoms with van der Waals surface area (Å²) in [4.78, 5) is 7.71. The van der Waals surface area contributed by atoms with Gasteiger partial charge in [-0.15, -0.1) is 0 Å². The van der Waals surface area contributed by atoms with E-state index >= 15 is 0 Å². The minimum Gasteiger partial charge on any atom is -0.369 e. The van der Waals surface area contributed by atoms with Gasteiger partial charge in [0.05, 0.1) is 6.54 Å². The Kier molecular flexibility index (Phi) is 5.50. The van der Waals surface area contributed by atoms with Crippen molar-refractivity contribution >= 4 is 5.69 Å². The van der Waals surface area contributed by atoms with Crippen LogP contribution in [0.15, 0.2) is 36.5 Å². The average Bonchev–Trinajstić information content (AvgIpc) is 2.62. The van der Waals surface area contributed by atoms with Crippen LogP contribution in [0.2, 0.25) is 0 Å². The minimum absolute atomic E-state index is 0.686. The van der Waals surface area contributed by atoms with Crippen LogP contribution in [0.3, 0.4) is 0 Å². The molecule has 0 aromatic heterocycles. The van der Waals surface area contributed by atoms with Gasteiger partial charge in [0.15, 0.2) is 0 Å². The topological polar surface area (TPSA) is 9.72 Å². The Morgan fingerprint density at radius 2 is 1.83 bits per heavy atom. The van der Waals surface area contributed by atoms with Gasteiger partial charge >= 0.3 is 0 Å². The zero-order valence-corrected chi connectivity index (χ0v) is 15.7. The van der Waals surface area contributed by atoms with Crippen LogP contribution in [-0.2, 0) is 0 Å². The maximum Gasteiger partial charge on any atom is 0.0573 e. The third-order valence-electron chi connectivity index (χ3n) is 5.94. The highest BCUT2D eigenvalue weighted by Gasteiger charge is 2.34. The molecule has 2 unspecified atom stereocenters. The number of likely N-dealkylation sites (tertiary alicyclic amines) is 1. The highest BCUT2D eigenvalue weighted by molar-refractivity contribution is 5.49. The van der Waals surface area contributed by atoms with Gasteiger partial charge in [0.2, 0.25) is 0 Å². The van der Waals surface area contributed by atoms with Gasteiger partial charge in [-0.2, -0.15) is 0 Å². The first-order valence-corrected chi connectivity index (χ1v) is 9.60. The Hall–Kier alpha value is -1.48. The molecule has 0 aliphatic carbocycles. The minimum atomic E-state index is 0.686. The molecule has 2 aliphatic heterocycles. The molecule has 2 aliphatic rings. The molecule has 0 bridgehead atoms. The Labute approximate surface area is 147 Å². The number of hydrogen-bond donors (Lipinski definition) is 0. The lowest BCUT2D eigenvalue weighted by Crippen LogP contribution is -2.55. The van der Waals surface area contributed by atoms with E-state index in [1.54, 1.807) is 0 Å². The average molecular weight is 328 g/mol. The van der Waals surface area contributed by atoms with Gasteiger partial charge in [-0.3, -0.25) is 0 Å². The molecule has 0 saturated carbocycles. The van der Waals surface area contributed by atoms with E-state index in [4.69, 9.17) is 0 Å². The first-order chi connectivity index (χ1) is 11.6. The van der Waals surface area contributed by atoms with Gasteiger partial charge in [-0.1, -0.05) is 44.5 Å². The van der Waals surface area contributed by atoms with E-state index in [0.717, 1.165) is 25.6 Å². The van der Waals surface area contributed by atoms with Crippen LogP contribution in [0, 0.1) is 12.8 Å². The third-order valence-corrected chi connectivity index (χ3v) is 5.94. The van der Waals surface area contributed by atoms with Crippen LogP contribution >= 0.6 is 0 Å². The Bertz CT molecular complexity index is 551.